The number of anilines is 1. The van der Waals surface area contributed by atoms with Gasteiger partial charge >= 0.3 is 0 Å². The summed E-state index contributed by atoms with van der Waals surface area (Å²) in [5.74, 6) is 0.935. The first-order chi connectivity index (χ1) is 8.91. The lowest BCUT2D eigenvalue weighted by Gasteiger charge is -2.34. The van der Waals surface area contributed by atoms with Crippen LogP contribution in [-0.2, 0) is 5.41 Å². The van der Waals surface area contributed by atoms with Gasteiger partial charge in [-0.15, -0.1) is 0 Å². The summed E-state index contributed by atoms with van der Waals surface area (Å²) in [6.45, 7) is 10.8. The van der Waals surface area contributed by atoms with Crippen molar-refractivity contribution in [3.63, 3.8) is 0 Å². The summed E-state index contributed by atoms with van der Waals surface area (Å²) in [4.78, 5) is 9.32. The number of ether oxygens (including phenoxy) is 1. The number of methoxy groups -OCH3 is 1. The van der Waals surface area contributed by atoms with E-state index in [2.05, 4.69) is 48.7 Å². The van der Waals surface area contributed by atoms with Gasteiger partial charge in [0.15, 0.2) is 0 Å². The predicted molar refractivity (Wildman–Crippen MR) is 79.2 cm³/mol. The molecule has 4 nitrogen and oxygen atoms in total. The molecule has 0 unspecified atom stereocenters. The van der Waals surface area contributed by atoms with Crippen molar-refractivity contribution in [2.45, 2.75) is 26.2 Å². The van der Waals surface area contributed by atoms with Gasteiger partial charge in [-0.2, -0.15) is 0 Å². The zero-order valence-electron chi connectivity index (χ0n) is 12.7. The van der Waals surface area contributed by atoms with Crippen LogP contribution < -0.4 is 9.64 Å². The summed E-state index contributed by atoms with van der Waals surface area (Å²) in [6, 6.07) is 2.08. The Morgan fingerprint density at radius 2 is 1.79 bits per heavy atom. The predicted octanol–water partition coefficient (Wildman–Crippen LogP) is 2.14. The Kier molecular flexibility index (Phi) is 3.99. The van der Waals surface area contributed by atoms with Gasteiger partial charge in [-0.25, -0.2) is 0 Å². The molecule has 1 aliphatic heterocycles. The molecule has 2 rings (SSSR count). The maximum absolute atomic E-state index is 5.57. The molecule has 0 aliphatic carbocycles. The SMILES string of the molecule is COc1cc(C(C)(C)C)ncc1N1CCN(C)CC1. The number of piperazine rings is 1. The minimum atomic E-state index is 0.0495. The van der Waals surface area contributed by atoms with Gasteiger partial charge in [-0.05, 0) is 7.05 Å². The van der Waals surface area contributed by atoms with Gasteiger partial charge in [-0.3, -0.25) is 4.98 Å². The summed E-state index contributed by atoms with van der Waals surface area (Å²) in [5, 5.41) is 0. The Hall–Kier alpha value is -1.29. The van der Waals surface area contributed by atoms with Crippen molar-refractivity contribution in [1.29, 1.82) is 0 Å². The molecule has 0 bridgehead atoms. The highest BCUT2D eigenvalue weighted by Gasteiger charge is 2.21. The van der Waals surface area contributed by atoms with E-state index in [1.165, 1.54) is 0 Å². The smallest absolute Gasteiger partial charge is 0.145 e. The average Bonchev–Trinajstić information content (AvgIpc) is 2.38. The molecular formula is C15H25N3O. The van der Waals surface area contributed by atoms with Crippen LogP contribution in [0.2, 0.25) is 0 Å². The molecule has 0 saturated carbocycles. The Labute approximate surface area is 116 Å². The first kappa shape index (κ1) is 14.1. The second-order valence-electron chi connectivity index (χ2n) is 6.28. The fourth-order valence-electron chi connectivity index (χ4n) is 2.29. The molecule has 2 heterocycles. The van der Waals surface area contributed by atoms with Crippen molar-refractivity contribution < 1.29 is 4.74 Å². The van der Waals surface area contributed by atoms with Crippen molar-refractivity contribution in [1.82, 2.24) is 9.88 Å². The molecule has 0 atom stereocenters. The fourth-order valence-corrected chi connectivity index (χ4v) is 2.29. The van der Waals surface area contributed by atoms with Crippen LogP contribution in [0.15, 0.2) is 12.3 Å². The largest absolute Gasteiger partial charge is 0.494 e. The van der Waals surface area contributed by atoms with Crippen LogP contribution in [0.25, 0.3) is 0 Å². The molecule has 106 valence electrons. The van der Waals surface area contributed by atoms with Crippen molar-refractivity contribution in [3.05, 3.63) is 18.0 Å². The van der Waals surface area contributed by atoms with Crippen LogP contribution in [0.4, 0.5) is 5.69 Å². The molecule has 19 heavy (non-hydrogen) atoms. The Balaban J connectivity index is 2.26. The lowest BCUT2D eigenvalue weighted by molar-refractivity contribution is 0.310. The molecule has 1 saturated heterocycles. The van der Waals surface area contributed by atoms with Crippen LogP contribution in [0.1, 0.15) is 26.5 Å². The number of nitrogens with zero attached hydrogens (tertiary/aromatic N) is 3. The van der Waals surface area contributed by atoms with E-state index < -0.39 is 0 Å². The molecular weight excluding hydrogens is 238 g/mol. The Morgan fingerprint density at radius 1 is 1.16 bits per heavy atom. The highest BCUT2D eigenvalue weighted by molar-refractivity contribution is 5.58. The lowest BCUT2D eigenvalue weighted by Crippen LogP contribution is -2.44. The van der Waals surface area contributed by atoms with E-state index in [4.69, 9.17) is 4.74 Å². The van der Waals surface area contributed by atoms with Crippen LogP contribution in [0.3, 0.4) is 0 Å². The topological polar surface area (TPSA) is 28.6 Å². The monoisotopic (exact) mass is 263 g/mol. The molecule has 1 fully saturated rings. The van der Waals surface area contributed by atoms with Crippen molar-refractivity contribution in [2.75, 3.05) is 45.2 Å². The minimum Gasteiger partial charge on any atom is -0.494 e. The van der Waals surface area contributed by atoms with Gasteiger partial charge in [0, 0.05) is 43.4 Å². The van der Waals surface area contributed by atoms with Crippen LogP contribution in [0.5, 0.6) is 5.75 Å². The molecule has 0 N–H and O–H groups in total. The summed E-state index contributed by atoms with van der Waals surface area (Å²) in [5.41, 5.74) is 2.24. The average molecular weight is 263 g/mol. The first-order valence-corrected chi connectivity index (χ1v) is 6.90. The van der Waals surface area contributed by atoms with E-state index in [0.717, 1.165) is 43.3 Å². The number of hydrogen-bond donors (Lipinski definition) is 0. The van der Waals surface area contributed by atoms with Gasteiger partial charge in [-0.1, -0.05) is 20.8 Å². The third-order valence-corrected chi connectivity index (χ3v) is 3.68. The zero-order chi connectivity index (χ0) is 14.0. The summed E-state index contributed by atoms with van der Waals surface area (Å²) >= 11 is 0. The molecule has 0 radical (unpaired) electrons. The second kappa shape index (κ2) is 5.37. The number of likely N-dealkylation sites (N-methyl/N-ethyl adjacent to an activating group) is 1. The standard InChI is InChI=1S/C15H25N3O/c1-15(2,3)14-10-13(19-5)12(11-16-14)18-8-6-17(4)7-9-18/h10-11H,6-9H2,1-5H3. The van der Waals surface area contributed by atoms with E-state index in [-0.39, 0.29) is 5.41 Å². The van der Waals surface area contributed by atoms with Gasteiger partial charge in [0.2, 0.25) is 0 Å². The minimum absolute atomic E-state index is 0.0495. The summed E-state index contributed by atoms with van der Waals surface area (Å²) in [7, 11) is 3.90. The van der Waals surface area contributed by atoms with Crippen LogP contribution in [-0.4, -0.2) is 50.2 Å². The number of hydrogen-bond acceptors (Lipinski definition) is 4. The third kappa shape index (κ3) is 3.18. The quantitative estimate of drug-likeness (QED) is 0.817. The highest BCUT2D eigenvalue weighted by atomic mass is 16.5. The molecule has 0 aromatic carbocycles. The zero-order valence-corrected chi connectivity index (χ0v) is 12.7. The maximum Gasteiger partial charge on any atom is 0.145 e. The maximum atomic E-state index is 5.57. The van der Waals surface area contributed by atoms with Crippen molar-refractivity contribution in [3.8, 4) is 5.75 Å². The Morgan fingerprint density at radius 3 is 2.32 bits per heavy atom. The fraction of sp³-hybridized carbons (Fsp3) is 0.667. The van der Waals surface area contributed by atoms with Crippen molar-refractivity contribution >= 4 is 5.69 Å². The van der Waals surface area contributed by atoms with E-state index in [0.29, 0.717) is 0 Å². The molecule has 0 spiro atoms. The van der Waals surface area contributed by atoms with Crippen LogP contribution >= 0.6 is 0 Å². The van der Waals surface area contributed by atoms with Gasteiger partial charge in [0.25, 0.3) is 0 Å². The molecule has 1 aromatic rings. The molecule has 1 aliphatic rings. The molecule has 0 amide bonds. The van der Waals surface area contributed by atoms with E-state index in [1.54, 1.807) is 7.11 Å². The van der Waals surface area contributed by atoms with E-state index in [1.807, 2.05) is 6.20 Å². The molecule has 1 aromatic heterocycles. The molecule has 4 heteroatoms. The number of pyridine rings is 1. The number of aromatic nitrogens is 1. The summed E-state index contributed by atoms with van der Waals surface area (Å²) in [6.07, 6.45) is 1.96. The van der Waals surface area contributed by atoms with Gasteiger partial charge in [0.1, 0.15) is 5.75 Å². The van der Waals surface area contributed by atoms with E-state index in [9.17, 15) is 0 Å². The van der Waals surface area contributed by atoms with Gasteiger partial charge in [0.05, 0.1) is 19.0 Å². The van der Waals surface area contributed by atoms with Crippen molar-refractivity contribution in [2.24, 2.45) is 0 Å². The first-order valence-electron chi connectivity index (χ1n) is 6.90. The van der Waals surface area contributed by atoms with Gasteiger partial charge < -0.3 is 14.5 Å². The highest BCUT2D eigenvalue weighted by Crippen LogP contribution is 2.32. The third-order valence-electron chi connectivity index (χ3n) is 3.68. The Bertz CT molecular complexity index is 432. The number of rotatable bonds is 2. The summed E-state index contributed by atoms with van der Waals surface area (Å²) < 4.78 is 5.57. The second-order valence-corrected chi connectivity index (χ2v) is 6.28. The van der Waals surface area contributed by atoms with E-state index >= 15 is 0 Å². The normalized spacial score (nSPS) is 17.6. The lowest BCUT2D eigenvalue weighted by atomic mass is 9.91. The van der Waals surface area contributed by atoms with Crippen LogP contribution in [0, 0.1) is 0 Å².